The molecule has 0 aromatic heterocycles. The molecule has 0 radical (unpaired) electrons. The van der Waals surface area contributed by atoms with Crippen LogP contribution in [-0.2, 0) is 4.74 Å². The maximum absolute atomic E-state index is 5.92. The summed E-state index contributed by atoms with van der Waals surface area (Å²) < 4.78 is 16.8. The van der Waals surface area contributed by atoms with E-state index in [1.54, 1.807) is 14.2 Å². The minimum atomic E-state index is -0.0211. The molecule has 0 saturated heterocycles. The molecule has 0 spiro atoms. The maximum Gasteiger partial charge on any atom is 0.191 e. The van der Waals surface area contributed by atoms with Crippen molar-refractivity contribution in [3.8, 4) is 11.5 Å². The van der Waals surface area contributed by atoms with E-state index in [0.29, 0.717) is 6.54 Å². The van der Waals surface area contributed by atoms with Crippen molar-refractivity contribution in [2.24, 2.45) is 4.99 Å². The van der Waals surface area contributed by atoms with Crippen LogP contribution < -0.4 is 20.1 Å². The number of ether oxygens (including phenoxy) is 3. The van der Waals surface area contributed by atoms with E-state index in [1.807, 2.05) is 31.2 Å². The monoisotopic (exact) mass is 351 g/mol. The van der Waals surface area contributed by atoms with E-state index in [9.17, 15) is 0 Å². The summed E-state index contributed by atoms with van der Waals surface area (Å²) in [6, 6.07) is 7.65. The van der Waals surface area contributed by atoms with Gasteiger partial charge in [-0.15, -0.1) is 0 Å². The van der Waals surface area contributed by atoms with E-state index in [2.05, 4.69) is 22.5 Å². The fourth-order valence-electron chi connectivity index (χ4n) is 2.17. The molecule has 0 saturated carbocycles. The van der Waals surface area contributed by atoms with Crippen molar-refractivity contribution in [3.05, 3.63) is 24.3 Å². The number of methoxy groups -OCH3 is 1. The SMILES string of the molecule is CCCCOCCCNC(=NC)NCC(C)Oc1ccccc1OC. The van der Waals surface area contributed by atoms with E-state index < -0.39 is 0 Å². The molecular weight excluding hydrogens is 318 g/mol. The Hall–Kier alpha value is -1.95. The van der Waals surface area contributed by atoms with Crippen molar-refractivity contribution in [1.29, 1.82) is 0 Å². The molecule has 0 amide bonds. The van der Waals surface area contributed by atoms with Gasteiger partial charge in [0, 0.05) is 26.8 Å². The first-order valence-corrected chi connectivity index (χ1v) is 9.03. The Morgan fingerprint density at radius 2 is 1.84 bits per heavy atom. The minimum Gasteiger partial charge on any atom is -0.493 e. The first-order valence-electron chi connectivity index (χ1n) is 9.03. The van der Waals surface area contributed by atoms with Crippen LogP contribution in [0, 0.1) is 0 Å². The average molecular weight is 351 g/mol. The number of rotatable bonds is 12. The Morgan fingerprint density at radius 1 is 1.12 bits per heavy atom. The van der Waals surface area contributed by atoms with Crippen molar-refractivity contribution < 1.29 is 14.2 Å². The zero-order valence-electron chi connectivity index (χ0n) is 16.0. The van der Waals surface area contributed by atoms with Gasteiger partial charge in [0.1, 0.15) is 6.10 Å². The molecule has 0 bridgehead atoms. The highest BCUT2D eigenvalue weighted by atomic mass is 16.5. The van der Waals surface area contributed by atoms with Crippen molar-refractivity contribution in [3.63, 3.8) is 0 Å². The van der Waals surface area contributed by atoms with Gasteiger partial charge in [-0.05, 0) is 31.9 Å². The predicted octanol–water partition coefficient (Wildman–Crippen LogP) is 2.83. The normalized spacial score (nSPS) is 12.6. The van der Waals surface area contributed by atoms with Gasteiger partial charge in [-0.3, -0.25) is 4.99 Å². The predicted molar refractivity (Wildman–Crippen MR) is 103 cm³/mol. The van der Waals surface area contributed by atoms with Crippen molar-refractivity contribution in [1.82, 2.24) is 10.6 Å². The van der Waals surface area contributed by atoms with E-state index in [-0.39, 0.29) is 6.10 Å². The van der Waals surface area contributed by atoms with Crippen LogP contribution in [-0.4, -0.2) is 52.5 Å². The fraction of sp³-hybridized carbons (Fsp3) is 0.632. The van der Waals surface area contributed by atoms with E-state index >= 15 is 0 Å². The average Bonchev–Trinajstić information content (AvgIpc) is 2.63. The summed E-state index contributed by atoms with van der Waals surface area (Å²) in [5.74, 6) is 2.25. The second-order valence-electron chi connectivity index (χ2n) is 5.78. The summed E-state index contributed by atoms with van der Waals surface area (Å²) >= 11 is 0. The van der Waals surface area contributed by atoms with E-state index in [4.69, 9.17) is 14.2 Å². The second kappa shape index (κ2) is 13.4. The lowest BCUT2D eigenvalue weighted by atomic mass is 10.3. The van der Waals surface area contributed by atoms with Gasteiger partial charge in [0.15, 0.2) is 17.5 Å². The summed E-state index contributed by atoms with van der Waals surface area (Å²) in [4.78, 5) is 4.22. The van der Waals surface area contributed by atoms with Gasteiger partial charge in [0.25, 0.3) is 0 Å². The number of aliphatic imine (C=N–C) groups is 1. The van der Waals surface area contributed by atoms with Crippen LogP contribution in [0.3, 0.4) is 0 Å². The van der Waals surface area contributed by atoms with Crippen LogP contribution in [0.4, 0.5) is 0 Å². The van der Waals surface area contributed by atoms with Gasteiger partial charge >= 0.3 is 0 Å². The van der Waals surface area contributed by atoms with Crippen molar-refractivity contribution >= 4 is 5.96 Å². The van der Waals surface area contributed by atoms with Crippen molar-refractivity contribution in [2.45, 2.75) is 39.2 Å². The lowest BCUT2D eigenvalue weighted by Crippen LogP contribution is -2.42. The Balaban J connectivity index is 2.23. The Labute approximate surface area is 152 Å². The molecule has 142 valence electrons. The van der Waals surface area contributed by atoms with Gasteiger partial charge in [-0.25, -0.2) is 0 Å². The zero-order chi connectivity index (χ0) is 18.3. The summed E-state index contributed by atoms with van der Waals surface area (Å²) in [6.07, 6.45) is 3.23. The number of unbranched alkanes of at least 4 members (excludes halogenated alkanes) is 1. The van der Waals surface area contributed by atoms with Gasteiger partial charge in [0.2, 0.25) is 0 Å². The third-order valence-corrected chi connectivity index (χ3v) is 3.58. The molecule has 0 aliphatic carbocycles. The van der Waals surface area contributed by atoms with Crippen molar-refractivity contribution in [2.75, 3.05) is 40.5 Å². The molecule has 6 nitrogen and oxygen atoms in total. The minimum absolute atomic E-state index is 0.0211. The van der Waals surface area contributed by atoms with Crippen LogP contribution >= 0.6 is 0 Å². The Morgan fingerprint density at radius 3 is 2.52 bits per heavy atom. The van der Waals surface area contributed by atoms with Crippen LogP contribution in [0.15, 0.2) is 29.3 Å². The Kier molecular flexibility index (Phi) is 11.3. The van der Waals surface area contributed by atoms with Gasteiger partial charge in [-0.2, -0.15) is 0 Å². The molecule has 0 fully saturated rings. The Bertz CT molecular complexity index is 495. The molecule has 1 atom stereocenters. The highest BCUT2D eigenvalue weighted by molar-refractivity contribution is 5.79. The number of guanidine groups is 1. The number of hydrogen-bond donors (Lipinski definition) is 2. The van der Waals surface area contributed by atoms with E-state index in [1.165, 1.54) is 6.42 Å². The van der Waals surface area contributed by atoms with Crippen LogP contribution in [0.5, 0.6) is 11.5 Å². The lowest BCUT2D eigenvalue weighted by molar-refractivity contribution is 0.129. The summed E-state index contributed by atoms with van der Waals surface area (Å²) in [5, 5.41) is 6.55. The van der Waals surface area contributed by atoms with E-state index in [0.717, 1.165) is 50.1 Å². The summed E-state index contributed by atoms with van der Waals surface area (Å²) in [7, 11) is 3.40. The fourth-order valence-corrected chi connectivity index (χ4v) is 2.17. The first-order chi connectivity index (χ1) is 12.2. The number of hydrogen-bond acceptors (Lipinski definition) is 4. The summed E-state index contributed by atoms with van der Waals surface area (Å²) in [5.41, 5.74) is 0. The zero-order valence-corrected chi connectivity index (χ0v) is 16.0. The first kappa shape index (κ1) is 21.1. The second-order valence-corrected chi connectivity index (χ2v) is 5.78. The molecule has 1 aromatic rings. The largest absolute Gasteiger partial charge is 0.493 e. The number of nitrogens with one attached hydrogen (secondary N) is 2. The highest BCUT2D eigenvalue weighted by Gasteiger charge is 2.09. The molecule has 2 N–H and O–H groups in total. The van der Waals surface area contributed by atoms with Gasteiger partial charge in [0.05, 0.1) is 13.7 Å². The van der Waals surface area contributed by atoms with Crippen LogP contribution in [0.1, 0.15) is 33.1 Å². The van der Waals surface area contributed by atoms with Gasteiger partial charge in [-0.1, -0.05) is 25.5 Å². The molecule has 0 heterocycles. The molecule has 6 heteroatoms. The molecule has 1 unspecified atom stereocenters. The lowest BCUT2D eigenvalue weighted by Gasteiger charge is -2.19. The molecule has 25 heavy (non-hydrogen) atoms. The maximum atomic E-state index is 5.92. The quantitative estimate of drug-likeness (QED) is 0.344. The number of nitrogens with zero attached hydrogens (tertiary/aromatic N) is 1. The molecule has 1 aromatic carbocycles. The smallest absolute Gasteiger partial charge is 0.191 e. The topological polar surface area (TPSA) is 64.1 Å². The molecule has 1 rings (SSSR count). The summed E-state index contributed by atoms with van der Waals surface area (Å²) in [6.45, 7) is 7.27. The molecular formula is C19H33N3O3. The third-order valence-electron chi connectivity index (χ3n) is 3.58. The van der Waals surface area contributed by atoms with Crippen LogP contribution in [0.2, 0.25) is 0 Å². The third kappa shape index (κ3) is 9.19. The number of para-hydroxylation sites is 2. The highest BCUT2D eigenvalue weighted by Crippen LogP contribution is 2.26. The standard InChI is InChI=1S/C19H33N3O3/c1-5-6-13-24-14-9-12-21-19(20-3)22-15-16(2)25-18-11-8-7-10-17(18)23-4/h7-8,10-11,16H,5-6,9,12-15H2,1-4H3,(H2,20,21,22). The number of benzene rings is 1. The van der Waals surface area contributed by atoms with Crippen LogP contribution in [0.25, 0.3) is 0 Å². The molecule has 0 aliphatic heterocycles. The van der Waals surface area contributed by atoms with Gasteiger partial charge < -0.3 is 24.8 Å². The molecule has 0 aliphatic rings.